The van der Waals surface area contributed by atoms with Crippen molar-refractivity contribution >= 4 is 23.2 Å². The van der Waals surface area contributed by atoms with Gasteiger partial charge in [0.05, 0.1) is 10.7 Å². The second-order valence-corrected chi connectivity index (χ2v) is 5.45. The molecule has 0 saturated heterocycles. The van der Waals surface area contributed by atoms with Gasteiger partial charge in [-0.1, -0.05) is 35.9 Å². The van der Waals surface area contributed by atoms with Gasteiger partial charge in [-0.15, -0.1) is 0 Å². The first-order chi connectivity index (χ1) is 9.65. The maximum atomic E-state index is 12.1. The summed E-state index contributed by atoms with van der Waals surface area (Å²) >= 11 is 5.92. The zero-order valence-electron chi connectivity index (χ0n) is 10.9. The van der Waals surface area contributed by atoms with Crippen molar-refractivity contribution in [1.29, 1.82) is 0 Å². The average Bonchev–Trinajstić information content (AvgIpc) is 2.42. The molecule has 1 amide bonds. The Morgan fingerprint density at radius 3 is 2.85 bits per heavy atom. The molecule has 0 heterocycles. The maximum Gasteiger partial charge on any atom is 0.251 e. The molecular weight excluding hydrogens is 272 g/mol. The molecule has 0 spiro atoms. The van der Waals surface area contributed by atoms with Gasteiger partial charge in [0.25, 0.3) is 5.91 Å². The lowest BCUT2D eigenvalue weighted by atomic mass is 9.77. The minimum Gasteiger partial charge on any atom is -0.398 e. The summed E-state index contributed by atoms with van der Waals surface area (Å²) in [6, 6.07) is 13.3. The van der Waals surface area contributed by atoms with Crippen LogP contribution in [0.4, 0.5) is 5.69 Å². The Morgan fingerprint density at radius 1 is 1.30 bits per heavy atom. The molecule has 1 unspecified atom stereocenters. The molecule has 3 rings (SSSR count). The van der Waals surface area contributed by atoms with Gasteiger partial charge >= 0.3 is 0 Å². The molecule has 4 heteroatoms. The van der Waals surface area contributed by atoms with Crippen molar-refractivity contribution in [1.82, 2.24) is 5.32 Å². The number of nitrogens with two attached hydrogens (primary N) is 1. The van der Waals surface area contributed by atoms with Crippen molar-refractivity contribution in [3.05, 3.63) is 64.2 Å². The average molecular weight is 287 g/mol. The smallest absolute Gasteiger partial charge is 0.251 e. The van der Waals surface area contributed by atoms with E-state index in [-0.39, 0.29) is 5.91 Å². The van der Waals surface area contributed by atoms with E-state index < -0.39 is 0 Å². The van der Waals surface area contributed by atoms with E-state index in [2.05, 4.69) is 17.4 Å². The SMILES string of the molecule is Nc1ccc(C(=O)NCC2Cc3ccccc32)cc1Cl. The van der Waals surface area contributed by atoms with Crippen molar-refractivity contribution in [3.8, 4) is 0 Å². The predicted molar refractivity (Wildman–Crippen MR) is 81.1 cm³/mol. The van der Waals surface area contributed by atoms with E-state index in [9.17, 15) is 4.79 Å². The molecule has 2 aromatic rings. The monoisotopic (exact) mass is 286 g/mol. The van der Waals surface area contributed by atoms with Gasteiger partial charge in [0, 0.05) is 18.0 Å². The third-order valence-corrected chi connectivity index (χ3v) is 4.06. The number of halogens is 1. The van der Waals surface area contributed by atoms with Gasteiger partial charge in [0.2, 0.25) is 0 Å². The van der Waals surface area contributed by atoms with Crippen molar-refractivity contribution in [2.45, 2.75) is 12.3 Å². The van der Waals surface area contributed by atoms with E-state index >= 15 is 0 Å². The molecule has 0 aromatic heterocycles. The van der Waals surface area contributed by atoms with Crippen LogP contribution in [0.3, 0.4) is 0 Å². The summed E-state index contributed by atoms with van der Waals surface area (Å²) in [4.78, 5) is 12.1. The number of anilines is 1. The largest absolute Gasteiger partial charge is 0.398 e. The van der Waals surface area contributed by atoms with Crippen LogP contribution >= 0.6 is 11.6 Å². The lowest BCUT2D eigenvalue weighted by molar-refractivity contribution is 0.0950. The number of nitrogen functional groups attached to an aromatic ring is 1. The summed E-state index contributed by atoms with van der Waals surface area (Å²) in [5.41, 5.74) is 9.37. The van der Waals surface area contributed by atoms with Crippen LogP contribution in [-0.4, -0.2) is 12.5 Å². The second kappa shape index (κ2) is 5.17. The number of fused-ring (bicyclic) bond motifs is 1. The van der Waals surface area contributed by atoms with Gasteiger partial charge in [0.1, 0.15) is 0 Å². The molecular formula is C16H15ClN2O. The quantitative estimate of drug-likeness (QED) is 0.852. The van der Waals surface area contributed by atoms with E-state index in [0.717, 1.165) is 6.42 Å². The fraction of sp³-hybridized carbons (Fsp3) is 0.188. The summed E-state index contributed by atoms with van der Waals surface area (Å²) < 4.78 is 0. The Labute approximate surface area is 122 Å². The predicted octanol–water partition coefficient (Wildman–Crippen LogP) is 2.99. The summed E-state index contributed by atoms with van der Waals surface area (Å²) in [6.45, 7) is 0.651. The van der Waals surface area contributed by atoms with Gasteiger partial charge in [-0.3, -0.25) is 4.79 Å². The van der Waals surface area contributed by atoms with E-state index in [4.69, 9.17) is 17.3 Å². The van der Waals surface area contributed by atoms with Crippen LogP contribution < -0.4 is 11.1 Å². The molecule has 3 N–H and O–H groups in total. The topological polar surface area (TPSA) is 55.1 Å². The van der Waals surface area contributed by atoms with Crippen molar-refractivity contribution in [2.24, 2.45) is 0 Å². The Balaban J connectivity index is 1.62. The van der Waals surface area contributed by atoms with Crippen LogP contribution in [0.15, 0.2) is 42.5 Å². The van der Waals surface area contributed by atoms with Gasteiger partial charge < -0.3 is 11.1 Å². The normalized spacial score (nSPS) is 16.1. The van der Waals surface area contributed by atoms with E-state index in [1.165, 1.54) is 11.1 Å². The van der Waals surface area contributed by atoms with Gasteiger partial charge in [-0.2, -0.15) is 0 Å². The number of carbonyl (C=O) groups is 1. The molecule has 2 aromatic carbocycles. The lowest BCUT2D eigenvalue weighted by Crippen LogP contribution is -2.33. The summed E-state index contributed by atoms with van der Waals surface area (Å²) in [5.74, 6) is 0.302. The summed E-state index contributed by atoms with van der Waals surface area (Å²) in [5, 5.41) is 3.36. The van der Waals surface area contributed by atoms with Gasteiger partial charge in [0.15, 0.2) is 0 Å². The first kappa shape index (κ1) is 13.0. The van der Waals surface area contributed by atoms with Crippen LogP contribution in [0, 0.1) is 0 Å². The molecule has 0 saturated carbocycles. The molecule has 0 bridgehead atoms. The fourth-order valence-electron chi connectivity index (χ4n) is 2.53. The Kier molecular flexibility index (Phi) is 3.36. The number of rotatable bonds is 3. The van der Waals surface area contributed by atoms with Crippen LogP contribution in [0.5, 0.6) is 0 Å². The Hall–Kier alpha value is -2.00. The number of hydrogen-bond acceptors (Lipinski definition) is 2. The zero-order chi connectivity index (χ0) is 14.1. The van der Waals surface area contributed by atoms with Crippen molar-refractivity contribution in [2.75, 3.05) is 12.3 Å². The molecule has 1 aliphatic rings. The first-order valence-corrected chi connectivity index (χ1v) is 6.94. The Morgan fingerprint density at radius 2 is 2.10 bits per heavy atom. The third-order valence-electron chi connectivity index (χ3n) is 3.73. The number of benzene rings is 2. The molecule has 20 heavy (non-hydrogen) atoms. The summed E-state index contributed by atoms with van der Waals surface area (Å²) in [7, 11) is 0. The maximum absolute atomic E-state index is 12.1. The molecule has 0 aliphatic heterocycles. The van der Waals surface area contributed by atoms with Crippen molar-refractivity contribution in [3.63, 3.8) is 0 Å². The third kappa shape index (κ3) is 2.37. The molecule has 1 atom stereocenters. The highest BCUT2D eigenvalue weighted by Crippen LogP contribution is 2.34. The van der Waals surface area contributed by atoms with Crippen LogP contribution in [0.25, 0.3) is 0 Å². The van der Waals surface area contributed by atoms with Crippen LogP contribution in [-0.2, 0) is 6.42 Å². The highest BCUT2D eigenvalue weighted by atomic mass is 35.5. The van der Waals surface area contributed by atoms with Crippen LogP contribution in [0.2, 0.25) is 5.02 Å². The standard InChI is InChI=1S/C16H15ClN2O/c17-14-8-11(5-6-15(14)18)16(20)19-9-12-7-10-3-1-2-4-13(10)12/h1-6,8,12H,7,9,18H2,(H,19,20). The second-order valence-electron chi connectivity index (χ2n) is 5.05. The minimum absolute atomic E-state index is 0.115. The molecule has 0 radical (unpaired) electrons. The first-order valence-electron chi connectivity index (χ1n) is 6.56. The molecule has 102 valence electrons. The van der Waals surface area contributed by atoms with Gasteiger partial charge in [-0.25, -0.2) is 0 Å². The number of nitrogens with one attached hydrogen (secondary N) is 1. The highest BCUT2D eigenvalue weighted by Gasteiger charge is 2.25. The Bertz CT molecular complexity index is 669. The van der Waals surface area contributed by atoms with E-state index in [1.807, 2.05) is 12.1 Å². The van der Waals surface area contributed by atoms with Gasteiger partial charge in [-0.05, 0) is 35.7 Å². The van der Waals surface area contributed by atoms with E-state index in [1.54, 1.807) is 18.2 Å². The fourth-order valence-corrected chi connectivity index (χ4v) is 2.71. The highest BCUT2D eigenvalue weighted by molar-refractivity contribution is 6.33. The lowest BCUT2D eigenvalue weighted by Gasteiger charge is -2.30. The molecule has 1 aliphatic carbocycles. The van der Waals surface area contributed by atoms with Crippen molar-refractivity contribution < 1.29 is 4.79 Å². The summed E-state index contributed by atoms with van der Waals surface area (Å²) in [6.07, 6.45) is 1.03. The minimum atomic E-state index is -0.115. The number of amides is 1. The number of carbonyl (C=O) groups excluding carboxylic acids is 1. The van der Waals surface area contributed by atoms with Crippen LogP contribution in [0.1, 0.15) is 27.4 Å². The zero-order valence-corrected chi connectivity index (χ0v) is 11.7. The van der Waals surface area contributed by atoms with E-state index in [0.29, 0.717) is 28.7 Å². The molecule has 3 nitrogen and oxygen atoms in total. The number of hydrogen-bond donors (Lipinski definition) is 2. The molecule has 0 fully saturated rings.